The molecule has 180 valence electrons. The molecule has 0 fully saturated rings. The lowest BCUT2D eigenvalue weighted by Crippen LogP contribution is -2.38. The number of anilines is 1. The number of thioether (sulfide) groups is 1. The molecule has 0 saturated heterocycles. The second-order valence-electron chi connectivity index (χ2n) is 8.63. The zero-order valence-electron chi connectivity index (χ0n) is 19.0. The predicted molar refractivity (Wildman–Crippen MR) is 134 cm³/mol. The van der Waals surface area contributed by atoms with Crippen molar-refractivity contribution >= 4 is 29.4 Å². The van der Waals surface area contributed by atoms with Crippen LogP contribution in [0.5, 0.6) is 0 Å². The molecule has 0 bridgehead atoms. The van der Waals surface area contributed by atoms with Gasteiger partial charge in [0.2, 0.25) is 11.1 Å². The van der Waals surface area contributed by atoms with E-state index in [-0.39, 0.29) is 16.9 Å². The van der Waals surface area contributed by atoms with Crippen LogP contribution in [0.3, 0.4) is 0 Å². The summed E-state index contributed by atoms with van der Waals surface area (Å²) < 4.78 is 7.19. The molecule has 10 heteroatoms. The highest BCUT2D eigenvalue weighted by molar-refractivity contribution is 7.99. The topological polar surface area (TPSA) is 116 Å². The minimum absolute atomic E-state index is 0.0332. The number of hydrogen-bond acceptors (Lipinski definition) is 8. The van der Waals surface area contributed by atoms with E-state index < -0.39 is 16.9 Å². The molecule has 0 radical (unpaired) electrons. The Balaban J connectivity index is 1.42. The first kappa shape index (κ1) is 22.3. The van der Waals surface area contributed by atoms with Crippen molar-refractivity contribution in [2.45, 2.75) is 29.3 Å². The van der Waals surface area contributed by atoms with Crippen molar-refractivity contribution in [1.82, 2.24) is 14.8 Å². The minimum Gasteiger partial charge on any atom is -0.403 e. The van der Waals surface area contributed by atoms with Crippen molar-refractivity contribution in [3.8, 4) is 0 Å². The summed E-state index contributed by atoms with van der Waals surface area (Å²) in [7, 11) is 0. The van der Waals surface area contributed by atoms with Gasteiger partial charge in [0.05, 0.1) is 17.2 Å². The summed E-state index contributed by atoms with van der Waals surface area (Å²) in [5.41, 5.74) is 2.95. The summed E-state index contributed by atoms with van der Waals surface area (Å²) in [6, 6.07) is 22.4. The second-order valence-corrected chi connectivity index (χ2v) is 9.70. The van der Waals surface area contributed by atoms with Crippen LogP contribution in [0.25, 0.3) is 0 Å². The van der Waals surface area contributed by atoms with Gasteiger partial charge in [0, 0.05) is 12.1 Å². The van der Waals surface area contributed by atoms with Gasteiger partial charge in [0.1, 0.15) is 22.5 Å². The van der Waals surface area contributed by atoms with Crippen molar-refractivity contribution < 1.29 is 14.1 Å². The molecule has 4 aromatic rings. The molecule has 9 nitrogen and oxygen atoms in total. The zero-order chi connectivity index (χ0) is 24.6. The van der Waals surface area contributed by atoms with E-state index in [1.807, 2.05) is 42.5 Å². The van der Waals surface area contributed by atoms with E-state index in [1.165, 1.54) is 17.8 Å². The average Bonchev–Trinajstić information content (AvgIpc) is 3.54. The molecular weight excluding hydrogens is 478 g/mol. The number of rotatable bonds is 6. The molecule has 0 saturated carbocycles. The molecule has 2 aromatic carbocycles. The van der Waals surface area contributed by atoms with Gasteiger partial charge in [-0.2, -0.15) is 4.98 Å². The second kappa shape index (κ2) is 9.12. The summed E-state index contributed by atoms with van der Waals surface area (Å²) in [4.78, 5) is 28.4. The summed E-state index contributed by atoms with van der Waals surface area (Å²) >= 11 is 1.50. The Morgan fingerprint density at radius 3 is 2.39 bits per heavy atom. The first-order chi connectivity index (χ1) is 17.6. The number of nitro groups is 1. The number of carbonyl (C=O) groups is 1. The van der Waals surface area contributed by atoms with Crippen LogP contribution in [0.4, 0.5) is 11.8 Å². The van der Waals surface area contributed by atoms with Crippen LogP contribution in [-0.2, 0) is 4.79 Å². The molecule has 2 atom stereocenters. The van der Waals surface area contributed by atoms with Gasteiger partial charge in [0.15, 0.2) is 0 Å². The highest BCUT2D eigenvalue weighted by atomic mass is 32.2. The normalized spacial score (nSPS) is 18.8. The van der Waals surface area contributed by atoms with Crippen molar-refractivity contribution in [2.24, 2.45) is 5.92 Å². The molecule has 0 unspecified atom stereocenters. The van der Waals surface area contributed by atoms with Crippen molar-refractivity contribution in [2.75, 3.05) is 5.32 Å². The van der Waals surface area contributed by atoms with Crippen LogP contribution in [0, 0.1) is 16.0 Å². The number of ketones is 1. The van der Waals surface area contributed by atoms with Crippen molar-refractivity contribution in [3.05, 3.63) is 112 Å². The Morgan fingerprint density at radius 2 is 1.75 bits per heavy atom. The molecule has 1 aliphatic heterocycles. The first-order valence-corrected chi connectivity index (χ1v) is 12.4. The van der Waals surface area contributed by atoms with Crippen LogP contribution < -0.4 is 5.32 Å². The molecule has 0 spiro atoms. The van der Waals surface area contributed by atoms with Gasteiger partial charge in [-0.05, 0) is 23.6 Å². The van der Waals surface area contributed by atoms with Gasteiger partial charge in [-0.1, -0.05) is 78.5 Å². The molecule has 6 rings (SSSR count). The fraction of sp³-hybridized carbons (Fsp3) is 0.192. The van der Waals surface area contributed by atoms with E-state index in [0.29, 0.717) is 29.7 Å². The molecule has 2 aromatic heterocycles. The molecule has 3 heterocycles. The van der Waals surface area contributed by atoms with E-state index in [4.69, 9.17) is 14.5 Å². The lowest BCUT2D eigenvalue weighted by Gasteiger charge is -2.34. The Hall–Kier alpha value is -4.18. The van der Waals surface area contributed by atoms with Crippen LogP contribution in [0.1, 0.15) is 41.0 Å². The number of furan rings is 1. The number of fused-ring (bicyclic) bond motifs is 2. The van der Waals surface area contributed by atoms with Crippen molar-refractivity contribution in [3.63, 3.8) is 0 Å². The lowest BCUT2D eigenvalue weighted by molar-refractivity contribution is -0.402. The standard InChI is InChI=1S/C26H21N5O4S/c32-19-13-7-12-18-22(19)23(20-14-15-21(35-20)31(33)34)30-25(27-18)28-26(29-30)36-24(16-8-3-1-4-9-16)17-10-5-2-6-11-17/h1-6,8-12,14-15,22-24H,7,13H2,(H,27,28,29)/t22-,23-/m0/s1. The molecule has 2 aliphatic rings. The number of benzene rings is 2. The third-order valence-electron chi connectivity index (χ3n) is 6.40. The molecule has 1 N–H and O–H groups in total. The molecule has 1 aliphatic carbocycles. The summed E-state index contributed by atoms with van der Waals surface area (Å²) in [5.74, 6) is -0.137. The van der Waals surface area contributed by atoms with Crippen molar-refractivity contribution in [1.29, 1.82) is 0 Å². The molecular formula is C26H21N5O4S. The summed E-state index contributed by atoms with van der Waals surface area (Å²) in [6.07, 6.45) is 3.01. The van der Waals surface area contributed by atoms with Crippen LogP contribution >= 0.6 is 11.8 Å². The number of allylic oxidation sites excluding steroid dienone is 2. The van der Waals surface area contributed by atoms with Crippen LogP contribution in [0.15, 0.2) is 94.1 Å². The van der Waals surface area contributed by atoms with Gasteiger partial charge in [-0.15, -0.1) is 5.10 Å². The third-order valence-corrected chi connectivity index (χ3v) is 7.56. The van der Waals surface area contributed by atoms with E-state index in [1.54, 1.807) is 10.7 Å². The van der Waals surface area contributed by atoms with Gasteiger partial charge in [-0.3, -0.25) is 14.9 Å². The fourth-order valence-corrected chi connectivity index (χ4v) is 5.85. The van der Waals surface area contributed by atoms with E-state index in [2.05, 4.69) is 29.6 Å². The first-order valence-electron chi connectivity index (χ1n) is 11.6. The van der Waals surface area contributed by atoms with Gasteiger partial charge in [0.25, 0.3) is 0 Å². The monoisotopic (exact) mass is 499 g/mol. The summed E-state index contributed by atoms with van der Waals surface area (Å²) in [6.45, 7) is 0. The Kier molecular flexibility index (Phi) is 5.65. The van der Waals surface area contributed by atoms with E-state index in [9.17, 15) is 14.9 Å². The highest BCUT2D eigenvalue weighted by Gasteiger charge is 2.44. The number of nitrogens with zero attached hydrogens (tertiary/aromatic N) is 4. The maximum atomic E-state index is 13.0. The molecule has 0 amide bonds. The highest BCUT2D eigenvalue weighted by Crippen LogP contribution is 2.45. The quantitative estimate of drug-likeness (QED) is 0.209. The average molecular weight is 500 g/mol. The minimum atomic E-state index is -0.664. The van der Waals surface area contributed by atoms with Crippen LogP contribution in [-0.4, -0.2) is 25.5 Å². The summed E-state index contributed by atoms with van der Waals surface area (Å²) in [5, 5.41) is 19.8. The number of nitrogens with one attached hydrogen (secondary N) is 1. The smallest absolute Gasteiger partial charge is 0.403 e. The van der Waals surface area contributed by atoms with E-state index in [0.717, 1.165) is 16.8 Å². The largest absolute Gasteiger partial charge is 0.433 e. The maximum absolute atomic E-state index is 13.0. The Bertz CT molecular complexity index is 1420. The Labute approximate surface area is 210 Å². The number of carbonyl (C=O) groups excluding carboxylic acids is 1. The van der Waals surface area contributed by atoms with Crippen LogP contribution in [0.2, 0.25) is 0 Å². The number of aromatic nitrogens is 3. The molecule has 36 heavy (non-hydrogen) atoms. The Morgan fingerprint density at radius 1 is 1.06 bits per heavy atom. The zero-order valence-corrected chi connectivity index (χ0v) is 19.8. The van der Waals surface area contributed by atoms with Gasteiger partial charge in [-0.25, -0.2) is 4.68 Å². The third kappa shape index (κ3) is 3.99. The van der Waals surface area contributed by atoms with Gasteiger partial charge >= 0.3 is 5.88 Å². The van der Waals surface area contributed by atoms with E-state index >= 15 is 0 Å². The fourth-order valence-electron chi connectivity index (χ4n) is 4.78. The maximum Gasteiger partial charge on any atom is 0.433 e. The van der Waals surface area contributed by atoms with Gasteiger partial charge < -0.3 is 9.73 Å². The number of Topliss-reactive ketones (excluding diaryl/α,β-unsaturated/α-hetero) is 1. The predicted octanol–water partition coefficient (Wildman–Crippen LogP) is 5.54. The lowest BCUT2D eigenvalue weighted by atomic mass is 9.83. The number of hydrogen-bond donors (Lipinski definition) is 1. The SMILES string of the molecule is O=C1CCC=C2Nc3nc(SC(c4ccccc4)c4ccccc4)nn3[C@@H](c3ccc([N+](=O)[O-])o3)[C@H]12.